The van der Waals surface area contributed by atoms with Gasteiger partial charge in [-0.25, -0.2) is 0 Å². The molecule has 0 saturated heterocycles. The van der Waals surface area contributed by atoms with Gasteiger partial charge in [-0.05, 0) is 42.5 Å². The standard InChI is InChI=1S/C25H24ClO3P/c1-4-17-14-15-20(23(27)18-11-7-6-8-12-18)19(5-2)24(17)30(29)25(28)22-16(3)10-9-13-21(22)26/h6-15,30H,4-5H2,1-3H3. The van der Waals surface area contributed by atoms with Crippen molar-refractivity contribution in [1.82, 2.24) is 0 Å². The summed E-state index contributed by atoms with van der Waals surface area (Å²) in [4.78, 5) is 26.4. The minimum Gasteiger partial charge on any atom is -0.313 e. The van der Waals surface area contributed by atoms with Crippen LogP contribution in [-0.2, 0) is 17.4 Å². The van der Waals surface area contributed by atoms with Gasteiger partial charge >= 0.3 is 0 Å². The topological polar surface area (TPSA) is 51.2 Å². The van der Waals surface area contributed by atoms with Crippen LogP contribution in [0.2, 0.25) is 5.02 Å². The maximum absolute atomic E-state index is 13.6. The molecule has 0 fully saturated rings. The van der Waals surface area contributed by atoms with Crippen LogP contribution in [0.15, 0.2) is 60.7 Å². The summed E-state index contributed by atoms with van der Waals surface area (Å²) in [5, 5.41) is 0.807. The van der Waals surface area contributed by atoms with E-state index in [2.05, 4.69) is 0 Å². The molecule has 3 nitrogen and oxygen atoms in total. The fourth-order valence-corrected chi connectivity index (χ4v) is 6.06. The summed E-state index contributed by atoms with van der Waals surface area (Å²) in [6.07, 6.45) is 1.12. The number of rotatable bonds is 7. The molecule has 0 aliphatic heterocycles. The zero-order valence-electron chi connectivity index (χ0n) is 17.3. The highest BCUT2D eigenvalue weighted by molar-refractivity contribution is 7.71. The van der Waals surface area contributed by atoms with E-state index in [0.29, 0.717) is 51.0 Å². The molecule has 0 spiro atoms. The Morgan fingerprint density at radius 1 is 0.900 bits per heavy atom. The van der Waals surface area contributed by atoms with E-state index in [4.69, 9.17) is 11.6 Å². The first kappa shape index (κ1) is 22.2. The molecular weight excluding hydrogens is 415 g/mol. The smallest absolute Gasteiger partial charge is 0.224 e. The highest BCUT2D eigenvalue weighted by Crippen LogP contribution is 2.35. The normalized spacial score (nSPS) is 11.9. The Hall–Kier alpha value is -2.48. The zero-order chi connectivity index (χ0) is 21.8. The van der Waals surface area contributed by atoms with Crippen LogP contribution < -0.4 is 5.30 Å². The summed E-state index contributed by atoms with van der Waals surface area (Å²) in [5.74, 6) is -0.132. The summed E-state index contributed by atoms with van der Waals surface area (Å²) in [6, 6.07) is 17.8. The van der Waals surface area contributed by atoms with Crippen molar-refractivity contribution in [3.63, 3.8) is 0 Å². The molecule has 0 heterocycles. The fraction of sp³-hybridized carbons (Fsp3) is 0.200. The monoisotopic (exact) mass is 438 g/mol. The van der Waals surface area contributed by atoms with E-state index >= 15 is 0 Å². The van der Waals surface area contributed by atoms with Gasteiger partial charge in [-0.2, -0.15) is 0 Å². The molecule has 1 atom stereocenters. The summed E-state index contributed by atoms with van der Waals surface area (Å²) in [5.41, 5.74) is 3.11. The maximum atomic E-state index is 13.6. The predicted octanol–water partition coefficient (Wildman–Crippen LogP) is 6.03. The molecule has 0 saturated carbocycles. The number of halogens is 1. The highest BCUT2D eigenvalue weighted by Gasteiger charge is 2.27. The van der Waals surface area contributed by atoms with Gasteiger partial charge < -0.3 is 4.57 Å². The van der Waals surface area contributed by atoms with Crippen molar-refractivity contribution in [3.05, 3.63) is 99.1 Å². The Morgan fingerprint density at radius 3 is 2.20 bits per heavy atom. The number of ketones is 1. The molecule has 0 bridgehead atoms. The number of hydrogen-bond acceptors (Lipinski definition) is 3. The van der Waals surface area contributed by atoms with E-state index < -0.39 is 13.3 Å². The lowest BCUT2D eigenvalue weighted by Gasteiger charge is -2.17. The lowest BCUT2D eigenvalue weighted by atomic mass is 9.94. The molecule has 3 aromatic rings. The molecule has 3 aromatic carbocycles. The molecular formula is C25H24ClO3P. The average molecular weight is 439 g/mol. The Bertz CT molecular complexity index is 1120. The highest BCUT2D eigenvalue weighted by atomic mass is 35.5. The van der Waals surface area contributed by atoms with Crippen molar-refractivity contribution in [2.45, 2.75) is 33.6 Å². The van der Waals surface area contributed by atoms with E-state index in [9.17, 15) is 14.2 Å². The third kappa shape index (κ3) is 4.19. The van der Waals surface area contributed by atoms with Gasteiger partial charge in [-0.15, -0.1) is 0 Å². The summed E-state index contributed by atoms with van der Waals surface area (Å²) >= 11 is 6.27. The van der Waals surface area contributed by atoms with E-state index in [1.165, 1.54) is 0 Å². The van der Waals surface area contributed by atoms with E-state index in [1.807, 2.05) is 38.1 Å². The Balaban J connectivity index is 2.17. The number of hydrogen-bond donors (Lipinski definition) is 0. The van der Waals surface area contributed by atoms with E-state index in [1.54, 1.807) is 43.3 Å². The van der Waals surface area contributed by atoms with Gasteiger partial charge in [0, 0.05) is 22.0 Å². The first-order chi connectivity index (χ1) is 14.4. The number of benzene rings is 3. The Kier molecular flexibility index (Phi) is 7.07. The Labute approximate surface area is 182 Å². The van der Waals surface area contributed by atoms with Crippen molar-refractivity contribution < 1.29 is 14.2 Å². The van der Waals surface area contributed by atoms with Gasteiger partial charge in [0.1, 0.15) is 0 Å². The SMILES string of the molecule is CCc1ccc(C(=O)c2ccccc2)c(CC)c1[PH](=O)C(=O)c1c(C)cccc1Cl. The van der Waals surface area contributed by atoms with Crippen LogP contribution in [0.1, 0.15) is 56.8 Å². The fourth-order valence-electron chi connectivity index (χ4n) is 3.75. The first-order valence-corrected chi connectivity index (χ1v) is 11.8. The molecule has 0 amide bonds. The van der Waals surface area contributed by atoms with Crippen LogP contribution in [0.4, 0.5) is 0 Å². The molecule has 0 radical (unpaired) electrons. The molecule has 30 heavy (non-hydrogen) atoms. The molecule has 5 heteroatoms. The molecule has 0 aromatic heterocycles. The number of aryl methyl sites for hydroxylation is 2. The molecule has 0 N–H and O–H groups in total. The lowest BCUT2D eigenvalue weighted by molar-refractivity contribution is 0.103. The van der Waals surface area contributed by atoms with E-state index in [-0.39, 0.29) is 5.78 Å². The third-order valence-corrected chi connectivity index (χ3v) is 7.35. The van der Waals surface area contributed by atoms with Crippen molar-refractivity contribution in [2.24, 2.45) is 0 Å². The second-order valence-corrected chi connectivity index (χ2v) is 9.14. The van der Waals surface area contributed by atoms with Crippen LogP contribution in [-0.4, -0.2) is 11.3 Å². The Morgan fingerprint density at radius 2 is 1.60 bits per heavy atom. The van der Waals surface area contributed by atoms with Crippen LogP contribution in [0.5, 0.6) is 0 Å². The molecule has 0 aliphatic rings. The maximum Gasteiger partial charge on any atom is 0.224 e. The minimum atomic E-state index is -2.89. The lowest BCUT2D eigenvalue weighted by Crippen LogP contribution is -2.20. The summed E-state index contributed by atoms with van der Waals surface area (Å²) in [7, 11) is -2.89. The number of carbonyl (C=O) groups excluding carboxylic acids is 2. The van der Waals surface area contributed by atoms with Crippen LogP contribution in [0.25, 0.3) is 0 Å². The minimum absolute atomic E-state index is 0.132. The predicted molar refractivity (Wildman–Crippen MR) is 124 cm³/mol. The number of carbonyl (C=O) groups is 2. The molecule has 0 aliphatic carbocycles. The van der Waals surface area contributed by atoms with Crippen molar-refractivity contribution in [3.8, 4) is 0 Å². The van der Waals surface area contributed by atoms with Gasteiger partial charge in [-0.1, -0.05) is 80.0 Å². The third-order valence-electron chi connectivity index (χ3n) is 5.30. The zero-order valence-corrected chi connectivity index (χ0v) is 19.0. The average Bonchev–Trinajstić information content (AvgIpc) is 2.77. The second kappa shape index (κ2) is 9.55. The van der Waals surface area contributed by atoms with Crippen LogP contribution >= 0.6 is 19.4 Å². The largest absolute Gasteiger partial charge is 0.313 e. The molecule has 154 valence electrons. The van der Waals surface area contributed by atoms with Crippen LogP contribution in [0.3, 0.4) is 0 Å². The van der Waals surface area contributed by atoms with Crippen molar-refractivity contribution >= 4 is 36.0 Å². The van der Waals surface area contributed by atoms with Gasteiger partial charge in [0.25, 0.3) is 0 Å². The van der Waals surface area contributed by atoms with Gasteiger partial charge in [0.15, 0.2) is 13.6 Å². The van der Waals surface area contributed by atoms with Crippen molar-refractivity contribution in [2.75, 3.05) is 0 Å². The molecule has 1 unspecified atom stereocenters. The summed E-state index contributed by atoms with van der Waals surface area (Å²) < 4.78 is 13.6. The quantitative estimate of drug-likeness (QED) is 0.334. The van der Waals surface area contributed by atoms with Crippen LogP contribution in [0, 0.1) is 6.92 Å². The summed E-state index contributed by atoms with van der Waals surface area (Å²) in [6.45, 7) is 5.66. The van der Waals surface area contributed by atoms with Gasteiger partial charge in [0.2, 0.25) is 5.52 Å². The van der Waals surface area contributed by atoms with E-state index in [0.717, 1.165) is 5.56 Å². The van der Waals surface area contributed by atoms with Gasteiger partial charge in [0.05, 0.1) is 5.02 Å². The first-order valence-electron chi connectivity index (χ1n) is 9.99. The van der Waals surface area contributed by atoms with Gasteiger partial charge in [-0.3, -0.25) is 9.59 Å². The second-order valence-electron chi connectivity index (χ2n) is 7.12. The van der Waals surface area contributed by atoms with Crippen molar-refractivity contribution in [1.29, 1.82) is 0 Å². The molecule has 3 rings (SSSR count).